The molecule has 1 amide bonds. The topological polar surface area (TPSA) is 67.6 Å². The zero-order valence-corrected chi connectivity index (χ0v) is 21.2. The molecule has 0 bridgehead atoms. The molecule has 1 fully saturated rings. The molecular weight excluding hydrogens is 478 g/mol. The zero-order valence-electron chi connectivity index (χ0n) is 19.6. The minimum Gasteiger partial charge on any atom is -0.490 e. The number of allylic oxidation sites excluding steroid dienone is 2. The van der Waals surface area contributed by atoms with Gasteiger partial charge in [-0.15, -0.1) is 0 Å². The van der Waals surface area contributed by atoms with E-state index in [0.29, 0.717) is 12.3 Å². The van der Waals surface area contributed by atoms with Crippen molar-refractivity contribution < 1.29 is 9.53 Å². The number of halogens is 1. The van der Waals surface area contributed by atoms with Crippen molar-refractivity contribution in [3.63, 3.8) is 0 Å². The third kappa shape index (κ3) is 6.10. The van der Waals surface area contributed by atoms with Gasteiger partial charge < -0.3 is 15.8 Å². The second kappa shape index (κ2) is 10.9. The average molecular weight is 515 g/mol. The first-order valence-corrected chi connectivity index (χ1v) is 12.9. The minimum atomic E-state index is -0.236. The molecule has 0 radical (unpaired) electrons. The average Bonchev–Trinajstić information content (AvgIpc) is 2.97. The van der Waals surface area contributed by atoms with Crippen LogP contribution in [0.2, 0.25) is 0 Å². The molecule has 178 valence electrons. The van der Waals surface area contributed by atoms with Crippen molar-refractivity contribution in [1.29, 1.82) is 0 Å². The van der Waals surface area contributed by atoms with Crippen molar-refractivity contribution in [2.24, 2.45) is 29.4 Å². The third-order valence-electron chi connectivity index (χ3n) is 7.30. The van der Waals surface area contributed by atoms with E-state index in [2.05, 4.69) is 63.5 Å². The first-order valence-electron chi connectivity index (χ1n) is 12.2. The number of nitrogens with zero attached hydrogens (tertiary/aromatic N) is 1. The fourth-order valence-corrected chi connectivity index (χ4v) is 5.79. The lowest BCUT2D eigenvalue weighted by Crippen LogP contribution is -2.47. The van der Waals surface area contributed by atoms with Crippen LogP contribution in [0.15, 0.2) is 65.9 Å². The van der Waals surface area contributed by atoms with E-state index in [9.17, 15) is 4.79 Å². The monoisotopic (exact) mass is 513 g/mol. The Kier molecular flexibility index (Phi) is 7.97. The quantitative estimate of drug-likeness (QED) is 0.527. The third-order valence-corrected chi connectivity index (χ3v) is 8.00. The Labute approximate surface area is 206 Å². The van der Waals surface area contributed by atoms with Gasteiger partial charge in [-0.05, 0) is 42.4 Å². The van der Waals surface area contributed by atoms with Gasteiger partial charge in [0.1, 0.15) is 11.9 Å². The number of carbonyl (C=O) groups is 1. The van der Waals surface area contributed by atoms with E-state index in [1.165, 1.54) is 11.3 Å². The summed E-state index contributed by atoms with van der Waals surface area (Å²) in [5.41, 5.74) is 8.25. The molecule has 5 nitrogen and oxygen atoms in total. The zero-order chi connectivity index (χ0) is 23.4. The molecule has 6 heteroatoms. The molecule has 2 heterocycles. The smallest absolute Gasteiger partial charge is 0.217 e. The van der Waals surface area contributed by atoms with Gasteiger partial charge in [0.2, 0.25) is 5.91 Å². The van der Waals surface area contributed by atoms with Gasteiger partial charge in [-0.25, -0.2) is 3.93 Å². The Morgan fingerprint density at radius 2 is 1.88 bits per heavy atom. The molecular formula is C27H36BrN3O2. The van der Waals surface area contributed by atoms with Gasteiger partial charge in [-0.1, -0.05) is 56.4 Å². The standard InChI is InChI=1S/C27H36BrN3O2/c1-18-16-24(20-11-13-31(28)14-12-20)30-27(23(18)17-26(29)32)21-7-6-10-25(19(2)15-21)33-22-8-4-3-5-9-22/h3-9,15-16,18-20,23,25,27,30H,10-14,17H2,1-2H3,(H2,29,32)/t18?,19-,23?,25?,27?/m0/s1. The molecule has 0 aromatic heterocycles. The van der Waals surface area contributed by atoms with E-state index >= 15 is 0 Å². The maximum Gasteiger partial charge on any atom is 0.217 e. The normalized spacial score (nSPS) is 31.2. The number of hydrogen-bond acceptors (Lipinski definition) is 4. The van der Waals surface area contributed by atoms with Crippen LogP contribution in [0.3, 0.4) is 0 Å². The summed E-state index contributed by atoms with van der Waals surface area (Å²) in [6.07, 6.45) is 12.7. The maximum absolute atomic E-state index is 12.0. The molecule has 0 spiro atoms. The lowest BCUT2D eigenvalue weighted by molar-refractivity contribution is -0.119. The maximum atomic E-state index is 12.0. The molecule has 3 aliphatic rings. The van der Waals surface area contributed by atoms with E-state index in [1.807, 2.05) is 30.3 Å². The first-order chi connectivity index (χ1) is 15.9. The van der Waals surface area contributed by atoms with E-state index in [4.69, 9.17) is 10.5 Å². The second-order valence-corrected chi connectivity index (χ2v) is 10.8. The van der Waals surface area contributed by atoms with Crippen LogP contribution in [0.25, 0.3) is 0 Å². The predicted molar refractivity (Wildman–Crippen MR) is 137 cm³/mol. The second-order valence-electron chi connectivity index (χ2n) is 9.75. The van der Waals surface area contributed by atoms with Gasteiger partial charge >= 0.3 is 0 Å². The van der Waals surface area contributed by atoms with Crippen LogP contribution < -0.4 is 15.8 Å². The summed E-state index contributed by atoms with van der Waals surface area (Å²) in [6, 6.07) is 10.1. The van der Waals surface area contributed by atoms with Crippen molar-refractivity contribution in [1.82, 2.24) is 9.24 Å². The Morgan fingerprint density at radius 3 is 2.58 bits per heavy atom. The molecule has 0 saturated carbocycles. The number of ether oxygens (including phenoxy) is 1. The number of benzene rings is 1. The summed E-state index contributed by atoms with van der Waals surface area (Å²) in [6.45, 7) is 6.54. The fraction of sp³-hybridized carbons (Fsp3) is 0.519. The highest BCUT2D eigenvalue weighted by molar-refractivity contribution is 9.07. The van der Waals surface area contributed by atoms with Crippen LogP contribution >= 0.6 is 16.1 Å². The number of hydrogen-bond donors (Lipinski definition) is 2. The van der Waals surface area contributed by atoms with E-state index in [0.717, 1.165) is 38.1 Å². The Bertz CT molecular complexity index is 905. The van der Waals surface area contributed by atoms with Crippen LogP contribution in [-0.2, 0) is 4.79 Å². The van der Waals surface area contributed by atoms with Crippen LogP contribution in [0.4, 0.5) is 0 Å². The Hall–Kier alpha value is -2.05. The minimum absolute atomic E-state index is 0.0728. The van der Waals surface area contributed by atoms with Crippen LogP contribution in [0.1, 0.15) is 39.5 Å². The summed E-state index contributed by atoms with van der Waals surface area (Å²) in [4.78, 5) is 12.0. The Balaban J connectivity index is 1.56. The number of nitrogens with two attached hydrogens (primary N) is 1. The van der Waals surface area contributed by atoms with Crippen LogP contribution in [0.5, 0.6) is 5.75 Å². The molecule has 4 unspecified atom stereocenters. The number of primary amides is 1. The highest BCUT2D eigenvalue weighted by Crippen LogP contribution is 2.37. The highest BCUT2D eigenvalue weighted by atomic mass is 79.9. The number of carbonyl (C=O) groups excluding carboxylic acids is 1. The molecule has 3 N–H and O–H groups in total. The number of nitrogens with one attached hydrogen (secondary N) is 1. The summed E-state index contributed by atoms with van der Waals surface area (Å²) in [7, 11) is 0. The Morgan fingerprint density at radius 1 is 1.15 bits per heavy atom. The number of amides is 1. The van der Waals surface area contributed by atoms with Gasteiger partial charge in [0.05, 0.1) is 6.04 Å². The van der Waals surface area contributed by atoms with E-state index < -0.39 is 0 Å². The molecule has 4 rings (SSSR count). The largest absolute Gasteiger partial charge is 0.490 e. The van der Waals surface area contributed by atoms with Gasteiger partial charge in [0.25, 0.3) is 0 Å². The van der Waals surface area contributed by atoms with Crippen molar-refractivity contribution in [3.05, 3.63) is 65.9 Å². The lowest BCUT2D eigenvalue weighted by atomic mass is 9.75. The van der Waals surface area contributed by atoms with Gasteiger partial charge in [-0.2, -0.15) is 0 Å². The molecule has 1 aliphatic carbocycles. The summed E-state index contributed by atoms with van der Waals surface area (Å²) >= 11 is 3.62. The molecule has 33 heavy (non-hydrogen) atoms. The molecule has 5 atom stereocenters. The molecule has 1 aromatic carbocycles. The summed E-state index contributed by atoms with van der Waals surface area (Å²) < 4.78 is 8.53. The van der Waals surface area contributed by atoms with Gasteiger partial charge in [0, 0.05) is 59.6 Å². The summed E-state index contributed by atoms with van der Waals surface area (Å²) in [5.74, 6) is 1.86. The summed E-state index contributed by atoms with van der Waals surface area (Å²) in [5, 5.41) is 3.87. The van der Waals surface area contributed by atoms with Crippen LogP contribution in [-0.4, -0.2) is 35.1 Å². The van der Waals surface area contributed by atoms with Gasteiger partial charge in [0.15, 0.2) is 0 Å². The predicted octanol–water partition coefficient (Wildman–Crippen LogP) is 4.96. The van der Waals surface area contributed by atoms with Crippen molar-refractivity contribution in [2.45, 2.75) is 51.7 Å². The van der Waals surface area contributed by atoms with Crippen molar-refractivity contribution in [2.75, 3.05) is 13.1 Å². The molecule has 2 aliphatic heterocycles. The number of para-hydroxylation sites is 1. The SMILES string of the molecule is CC1C=C(C2CCN(Br)CC2)NC(C2=C[C@H](C)C(Oc3ccccc3)CC=C2)C1CC(N)=O. The fourth-order valence-electron chi connectivity index (χ4n) is 5.38. The van der Waals surface area contributed by atoms with Crippen molar-refractivity contribution in [3.8, 4) is 5.75 Å². The van der Waals surface area contributed by atoms with E-state index in [-0.39, 0.29) is 35.8 Å². The lowest BCUT2D eigenvalue weighted by Gasteiger charge is -2.41. The molecule has 1 saturated heterocycles. The van der Waals surface area contributed by atoms with E-state index in [1.54, 1.807) is 0 Å². The van der Waals surface area contributed by atoms with Gasteiger partial charge in [-0.3, -0.25) is 4.79 Å². The molecule has 1 aromatic rings. The number of rotatable bonds is 6. The first kappa shape index (κ1) is 24.1. The van der Waals surface area contributed by atoms with Crippen molar-refractivity contribution >= 4 is 22.1 Å². The highest BCUT2D eigenvalue weighted by Gasteiger charge is 2.36. The number of piperidine rings is 1. The van der Waals surface area contributed by atoms with Crippen LogP contribution in [0, 0.1) is 23.7 Å².